The minimum atomic E-state index is -4.94. The molecule has 1 aromatic rings. The number of nitrogens with zero attached hydrogens (tertiary/aromatic N) is 2. The molecule has 0 amide bonds. The number of benzene rings is 1. The largest absolute Gasteiger partial charge is 2.00 e. The summed E-state index contributed by atoms with van der Waals surface area (Å²) >= 11 is 0. The molecule has 6 N–H and O–H groups in total. The molecule has 2 fully saturated rings. The van der Waals surface area contributed by atoms with Gasteiger partial charge in [-0.15, -0.1) is 41.0 Å². The van der Waals surface area contributed by atoms with Crippen molar-refractivity contribution in [1.82, 2.24) is 41.7 Å². The first-order valence-electron chi connectivity index (χ1n) is 17.1. The molecule has 0 aromatic heterocycles. The predicted molar refractivity (Wildman–Crippen MR) is 153 cm³/mol. The van der Waals surface area contributed by atoms with E-state index in [9.17, 15) is 0 Å². The molecule has 0 bridgehead atoms. The monoisotopic (exact) mass is 1030 g/mol. The molecule has 1 aromatic carbocycles. The fourth-order valence-electron chi connectivity index (χ4n) is 4.92. The van der Waals surface area contributed by atoms with Gasteiger partial charge in [-0.1, -0.05) is 24.3 Å². The molecule has 58 heavy (non-hydrogen) atoms. The normalized spacial score (nSPS) is 18.3. The van der Waals surface area contributed by atoms with Gasteiger partial charge in [-0.05, 0) is 89.2 Å². The van der Waals surface area contributed by atoms with Crippen LogP contribution in [0.25, 0.3) is 0 Å². The molecule has 0 spiro atoms. The van der Waals surface area contributed by atoms with Gasteiger partial charge in [-0.3, -0.25) is 9.80 Å². The summed E-state index contributed by atoms with van der Waals surface area (Å²) in [6, 6.07) is 9.42. The third-order valence-electron chi connectivity index (χ3n) is 7.07. The smallest absolute Gasteiger partial charge is 0.315 e. The van der Waals surface area contributed by atoms with Gasteiger partial charge >= 0.3 is 39.0 Å². The van der Waals surface area contributed by atoms with Crippen LogP contribution in [-0.4, -0.2) is 115 Å². The number of hydrogen-bond donors (Lipinski definition) is 6. The predicted octanol–water partition coefficient (Wildman–Crippen LogP) is -18.6. The van der Waals surface area contributed by atoms with Crippen molar-refractivity contribution < 1.29 is 154 Å². The Hall–Kier alpha value is 0.667. The molecule has 0 aliphatic carbocycles. The van der Waals surface area contributed by atoms with Gasteiger partial charge in [0.05, 0.1) is 0 Å². The summed E-state index contributed by atoms with van der Waals surface area (Å²) in [6.45, 7) is 19.6. The van der Waals surface area contributed by atoms with E-state index in [0.717, 1.165) is 118 Å². The number of rotatable bonds is 4. The van der Waals surface area contributed by atoms with Crippen molar-refractivity contribution in [1.29, 1.82) is 0 Å². The van der Waals surface area contributed by atoms with Crippen molar-refractivity contribution in [3.63, 3.8) is 0 Å². The Bertz CT molecular complexity index is 888. The standard InChI is InChI=1S/C28H54N8.4ClHO4.2Zn/c1-9-29-15-17-31-13-3-21-35(23-19-33-11-1)25-27-5-7-28(8-6-27)26-36-22-4-14-32-18-16-30-10-2-12-34-20-24-36;4*2-1(3,4)5;;/h5-8,29-34H,1-4,9-26H2;4*(H,2,3,4,5);;/q;;;;;2*+2/p-4. The zero-order valence-corrected chi connectivity index (χ0v) is 41.2. The van der Waals surface area contributed by atoms with Crippen LogP contribution in [0.5, 0.6) is 0 Å². The molecule has 2 saturated heterocycles. The first kappa shape index (κ1) is 65.3. The number of nitrogens with one attached hydrogen (secondary N) is 6. The van der Waals surface area contributed by atoms with Gasteiger partial charge in [0.15, 0.2) is 0 Å². The second kappa shape index (κ2) is 39.3. The topological polar surface area (TPSA) is 448 Å². The van der Waals surface area contributed by atoms with E-state index in [1.807, 2.05) is 0 Å². The Morgan fingerprint density at radius 1 is 0.328 bits per heavy atom. The SMILES string of the molecule is [O-][Cl+3]([O-])([O-])[O-].[O-][Cl+3]([O-])([O-])[O-].[O-][Cl+3]([O-])([O-])[O-].[O-][Cl+3]([O-])([O-])[O-].[Zn+2].[Zn+2].c1cc(CN2CCCNCCNCCCNCC2)ccc1CN1CCCNCCNCCCNCC1. The molecule has 2 aliphatic heterocycles. The minimum Gasteiger partial charge on any atom is -0.315 e. The summed E-state index contributed by atoms with van der Waals surface area (Å²) in [6.07, 6.45) is 4.80. The van der Waals surface area contributed by atoms with Crippen LogP contribution < -0.4 is 106 Å². The fraction of sp³-hybridized carbons (Fsp3) is 0.786. The molecular weight excluding hydrogens is 977 g/mol. The van der Waals surface area contributed by atoms with Gasteiger partial charge in [0, 0.05) is 65.4 Å². The molecule has 2 aliphatic rings. The van der Waals surface area contributed by atoms with Crippen molar-refractivity contribution in [2.45, 2.75) is 38.8 Å². The molecule has 334 valence electrons. The Morgan fingerprint density at radius 2 is 0.534 bits per heavy atom. The minimum absolute atomic E-state index is 0. The summed E-state index contributed by atoms with van der Waals surface area (Å²) in [5.41, 5.74) is 2.86. The van der Waals surface area contributed by atoms with Crippen molar-refractivity contribution in [3.05, 3.63) is 35.4 Å². The van der Waals surface area contributed by atoms with Crippen LogP contribution in [0.2, 0.25) is 0 Å². The van der Waals surface area contributed by atoms with Crippen LogP contribution in [0.4, 0.5) is 0 Å². The average Bonchev–Trinajstić information content (AvgIpc) is 3.02. The maximum absolute atomic E-state index is 8.49. The Balaban J connectivity index is -0.000000548. The Kier molecular flexibility index (Phi) is 44.2. The van der Waals surface area contributed by atoms with Gasteiger partial charge < -0.3 is 31.9 Å². The maximum atomic E-state index is 8.49. The van der Waals surface area contributed by atoms with E-state index >= 15 is 0 Å². The van der Waals surface area contributed by atoms with Crippen molar-refractivity contribution in [2.24, 2.45) is 0 Å². The van der Waals surface area contributed by atoms with E-state index in [4.69, 9.17) is 74.5 Å². The molecule has 24 nitrogen and oxygen atoms in total. The Labute approximate surface area is 373 Å². The van der Waals surface area contributed by atoms with Crippen LogP contribution in [0, 0.1) is 41.0 Å². The van der Waals surface area contributed by atoms with E-state index in [-0.39, 0.29) is 39.0 Å². The first-order chi connectivity index (χ1) is 25.9. The van der Waals surface area contributed by atoms with Gasteiger partial charge in [-0.25, -0.2) is 74.5 Å². The van der Waals surface area contributed by atoms with Crippen LogP contribution in [0.3, 0.4) is 0 Å². The zero-order chi connectivity index (χ0) is 42.9. The van der Waals surface area contributed by atoms with Crippen LogP contribution in [0.1, 0.15) is 36.8 Å². The van der Waals surface area contributed by atoms with Crippen LogP contribution in [0.15, 0.2) is 24.3 Å². The summed E-state index contributed by atoms with van der Waals surface area (Å²) in [5, 5.41) is 21.4. The first-order valence-corrected chi connectivity index (χ1v) is 22.1. The van der Waals surface area contributed by atoms with Gasteiger partial charge in [0.2, 0.25) is 0 Å². The van der Waals surface area contributed by atoms with Crippen molar-refractivity contribution in [3.8, 4) is 0 Å². The van der Waals surface area contributed by atoms with E-state index in [1.165, 1.54) is 36.8 Å². The van der Waals surface area contributed by atoms with Gasteiger partial charge in [-0.2, -0.15) is 0 Å². The van der Waals surface area contributed by atoms with Gasteiger partial charge in [0.1, 0.15) is 0 Å². The number of hydrogen-bond acceptors (Lipinski definition) is 24. The van der Waals surface area contributed by atoms with Crippen molar-refractivity contribution >= 4 is 0 Å². The molecular formula is C28H54Cl4N8O16Zn2. The second-order valence-corrected chi connectivity index (χ2v) is 14.8. The zero-order valence-electron chi connectivity index (χ0n) is 32.2. The number of halogens is 4. The molecule has 0 saturated carbocycles. The third-order valence-corrected chi connectivity index (χ3v) is 7.07. The maximum Gasteiger partial charge on any atom is 2.00 e. The Morgan fingerprint density at radius 3 is 0.776 bits per heavy atom. The summed E-state index contributed by atoms with van der Waals surface area (Å²) in [4.78, 5) is 5.23. The third kappa shape index (κ3) is 68.4. The molecule has 3 rings (SSSR count). The van der Waals surface area contributed by atoms with E-state index in [2.05, 4.69) is 66.0 Å². The van der Waals surface area contributed by atoms with Crippen molar-refractivity contribution in [2.75, 3.05) is 105 Å². The van der Waals surface area contributed by atoms with Crippen LogP contribution in [-0.2, 0) is 52.0 Å². The molecule has 0 radical (unpaired) electrons. The van der Waals surface area contributed by atoms with Crippen LogP contribution >= 0.6 is 0 Å². The summed E-state index contributed by atoms with van der Waals surface area (Å²) in [5.74, 6) is 0. The second-order valence-electron chi connectivity index (χ2n) is 11.8. The summed E-state index contributed by atoms with van der Waals surface area (Å²) < 4.78 is 136. The molecule has 0 unspecified atom stereocenters. The molecule has 0 atom stereocenters. The van der Waals surface area contributed by atoms with E-state index < -0.39 is 41.0 Å². The fourth-order valence-corrected chi connectivity index (χ4v) is 4.92. The van der Waals surface area contributed by atoms with E-state index in [0.29, 0.717) is 0 Å². The summed E-state index contributed by atoms with van der Waals surface area (Å²) in [7, 11) is -19.8. The molecule has 2 heterocycles. The van der Waals surface area contributed by atoms with Gasteiger partial charge in [0.25, 0.3) is 0 Å². The van der Waals surface area contributed by atoms with E-state index in [1.54, 1.807) is 0 Å². The molecule has 30 heteroatoms. The average molecular weight is 1030 g/mol. The quantitative estimate of drug-likeness (QED) is 0.153.